The number of ketones is 1. The molecule has 73 valence electrons. The van der Waals surface area contributed by atoms with Crippen LogP contribution < -0.4 is 0 Å². The van der Waals surface area contributed by atoms with Crippen molar-refractivity contribution in [1.82, 2.24) is 0 Å². The number of aliphatic hydroxyl groups is 2. The number of aliphatic hydroxyl groups excluding tert-OH is 2. The van der Waals surface area contributed by atoms with Crippen LogP contribution in [0.2, 0.25) is 0 Å². The van der Waals surface area contributed by atoms with Gasteiger partial charge in [0.05, 0.1) is 6.10 Å². The standard InChI is InChI=1S/C10H15O3/c11-8-6-4-2-1-3-5-7-9(12)10(8)13/h2,5,7-8,10-11,13H,1,3-4,6H2/b7-5+. The van der Waals surface area contributed by atoms with Crippen molar-refractivity contribution in [2.75, 3.05) is 0 Å². The summed E-state index contributed by atoms with van der Waals surface area (Å²) in [6.07, 6.45) is 5.94. The maximum atomic E-state index is 11.1. The van der Waals surface area contributed by atoms with Crippen molar-refractivity contribution in [3.05, 3.63) is 18.6 Å². The number of carbonyl (C=O) groups is 1. The Hall–Kier alpha value is -0.670. The number of allylic oxidation sites excluding steroid dienone is 1. The highest BCUT2D eigenvalue weighted by Crippen LogP contribution is 2.11. The first-order valence-electron chi connectivity index (χ1n) is 4.60. The zero-order valence-electron chi connectivity index (χ0n) is 7.52. The van der Waals surface area contributed by atoms with Crippen molar-refractivity contribution in [3.63, 3.8) is 0 Å². The molecule has 1 radical (unpaired) electrons. The summed E-state index contributed by atoms with van der Waals surface area (Å²) in [6.45, 7) is 0. The molecule has 0 saturated heterocycles. The highest BCUT2D eigenvalue weighted by atomic mass is 16.3. The molecule has 0 aromatic rings. The van der Waals surface area contributed by atoms with Gasteiger partial charge >= 0.3 is 0 Å². The van der Waals surface area contributed by atoms with E-state index >= 15 is 0 Å². The fourth-order valence-corrected chi connectivity index (χ4v) is 1.29. The normalized spacial score (nSPS) is 34.2. The third-order valence-electron chi connectivity index (χ3n) is 2.14. The lowest BCUT2D eigenvalue weighted by atomic mass is 10.00. The molecule has 3 heteroatoms. The van der Waals surface area contributed by atoms with E-state index in [0.717, 1.165) is 19.3 Å². The Balaban J connectivity index is 2.58. The molecule has 2 N–H and O–H groups in total. The molecule has 0 amide bonds. The van der Waals surface area contributed by atoms with E-state index in [1.807, 2.05) is 0 Å². The minimum atomic E-state index is -1.25. The summed E-state index contributed by atoms with van der Waals surface area (Å²) in [5, 5.41) is 18.6. The van der Waals surface area contributed by atoms with Gasteiger partial charge in [-0.1, -0.05) is 6.08 Å². The molecular formula is C10H15O3. The third-order valence-corrected chi connectivity index (χ3v) is 2.14. The van der Waals surface area contributed by atoms with Crippen molar-refractivity contribution in [3.8, 4) is 0 Å². The van der Waals surface area contributed by atoms with Gasteiger partial charge in [0.2, 0.25) is 0 Å². The van der Waals surface area contributed by atoms with Gasteiger partial charge in [-0.2, -0.15) is 0 Å². The molecule has 0 saturated carbocycles. The van der Waals surface area contributed by atoms with Crippen molar-refractivity contribution in [2.24, 2.45) is 0 Å². The molecule has 1 aliphatic rings. The van der Waals surface area contributed by atoms with Gasteiger partial charge in [-0.15, -0.1) is 0 Å². The second kappa shape index (κ2) is 5.14. The zero-order valence-corrected chi connectivity index (χ0v) is 7.52. The number of rotatable bonds is 0. The molecule has 1 rings (SSSR count). The third kappa shape index (κ3) is 3.28. The molecule has 0 bridgehead atoms. The molecule has 0 aromatic carbocycles. The zero-order chi connectivity index (χ0) is 9.68. The predicted molar refractivity (Wildman–Crippen MR) is 48.9 cm³/mol. The lowest BCUT2D eigenvalue weighted by Gasteiger charge is -2.15. The van der Waals surface area contributed by atoms with Gasteiger partial charge in [0.15, 0.2) is 5.78 Å². The molecule has 0 fully saturated rings. The van der Waals surface area contributed by atoms with E-state index in [9.17, 15) is 15.0 Å². The monoisotopic (exact) mass is 183 g/mol. The van der Waals surface area contributed by atoms with Crippen molar-refractivity contribution in [1.29, 1.82) is 0 Å². The number of carbonyl (C=O) groups excluding carboxylic acids is 1. The average Bonchev–Trinajstić information content (AvgIpc) is 2.13. The Morgan fingerprint density at radius 2 is 2.00 bits per heavy atom. The maximum Gasteiger partial charge on any atom is 0.186 e. The van der Waals surface area contributed by atoms with Crippen LogP contribution in [0.25, 0.3) is 0 Å². The van der Waals surface area contributed by atoms with Crippen LogP contribution in [0.5, 0.6) is 0 Å². The Morgan fingerprint density at radius 3 is 2.77 bits per heavy atom. The average molecular weight is 183 g/mol. The van der Waals surface area contributed by atoms with Crippen molar-refractivity contribution >= 4 is 5.78 Å². The van der Waals surface area contributed by atoms with E-state index in [1.54, 1.807) is 6.08 Å². The van der Waals surface area contributed by atoms with Crippen LogP contribution in [0, 0.1) is 6.42 Å². The maximum absolute atomic E-state index is 11.1. The van der Waals surface area contributed by atoms with Gasteiger partial charge in [0.25, 0.3) is 0 Å². The van der Waals surface area contributed by atoms with E-state index in [0.29, 0.717) is 6.42 Å². The summed E-state index contributed by atoms with van der Waals surface area (Å²) in [5.41, 5.74) is 0. The van der Waals surface area contributed by atoms with Gasteiger partial charge < -0.3 is 10.2 Å². The molecule has 1 aliphatic carbocycles. The quantitative estimate of drug-likeness (QED) is 0.578. The Labute approximate surface area is 78.1 Å². The summed E-state index contributed by atoms with van der Waals surface area (Å²) in [6, 6.07) is 0. The molecule has 3 nitrogen and oxygen atoms in total. The van der Waals surface area contributed by atoms with Crippen LogP contribution in [-0.4, -0.2) is 28.2 Å². The first kappa shape index (κ1) is 10.4. The van der Waals surface area contributed by atoms with Gasteiger partial charge in [0, 0.05) is 0 Å². The first-order valence-corrected chi connectivity index (χ1v) is 4.60. The first-order chi connectivity index (χ1) is 6.22. The second-order valence-electron chi connectivity index (χ2n) is 3.26. The Bertz CT molecular complexity index is 198. The van der Waals surface area contributed by atoms with Gasteiger partial charge in [-0.3, -0.25) is 4.79 Å². The number of hydrogen-bond donors (Lipinski definition) is 2. The molecule has 0 aromatic heterocycles. The molecule has 13 heavy (non-hydrogen) atoms. The van der Waals surface area contributed by atoms with E-state index in [2.05, 4.69) is 6.42 Å². The fraction of sp³-hybridized carbons (Fsp3) is 0.600. The largest absolute Gasteiger partial charge is 0.390 e. The summed E-state index contributed by atoms with van der Waals surface area (Å²) in [7, 11) is 0. The van der Waals surface area contributed by atoms with Gasteiger partial charge in [0.1, 0.15) is 6.10 Å². The highest BCUT2D eigenvalue weighted by molar-refractivity contribution is 5.93. The Kier molecular flexibility index (Phi) is 4.12. The van der Waals surface area contributed by atoms with E-state index < -0.39 is 18.0 Å². The predicted octanol–water partition coefficient (Wildman–Crippen LogP) is 0.612. The van der Waals surface area contributed by atoms with Gasteiger partial charge in [-0.25, -0.2) is 0 Å². The second-order valence-corrected chi connectivity index (χ2v) is 3.26. The smallest absolute Gasteiger partial charge is 0.186 e. The van der Waals surface area contributed by atoms with Crippen LogP contribution in [0.1, 0.15) is 25.7 Å². The lowest BCUT2D eigenvalue weighted by molar-refractivity contribution is -0.128. The van der Waals surface area contributed by atoms with Crippen molar-refractivity contribution in [2.45, 2.75) is 37.9 Å². The Morgan fingerprint density at radius 1 is 1.23 bits per heavy atom. The van der Waals surface area contributed by atoms with Crippen LogP contribution >= 0.6 is 0 Å². The topological polar surface area (TPSA) is 57.5 Å². The summed E-state index contributed by atoms with van der Waals surface area (Å²) < 4.78 is 0. The minimum absolute atomic E-state index is 0.394. The number of hydrogen-bond acceptors (Lipinski definition) is 3. The van der Waals surface area contributed by atoms with Crippen LogP contribution in [0.3, 0.4) is 0 Å². The molecule has 0 aliphatic heterocycles. The van der Waals surface area contributed by atoms with Crippen LogP contribution in [-0.2, 0) is 4.79 Å². The van der Waals surface area contributed by atoms with Crippen LogP contribution in [0.4, 0.5) is 0 Å². The van der Waals surface area contributed by atoms with Crippen molar-refractivity contribution < 1.29 is 15.0 Å². The summed E-state index contributed by atoms with van der Waals surface area (Å²) in [4.78, 5) is 11.1. The molecule has 2 unspecified atom stereocenters. The fourth-order valence-electron chi connectivity index (χ4n) is 1.29. The highest BCUT2D eigenvalue weighted by Gasteiger charge is 2.21. The lowest BCUT2D eigenvalue weighted by Crippen LogP contribution is -2.32. The van der Waals surface area contributed by atoms with E-state index in [4.69, 9.17) is 0 Å². The summed E-state index contributed by atoms with van der Waals surface area (Å²) in [5.74, 6) is -0.394. The summed E-state index contributed by atoms with van der Waals surface area (Å²) >= 11 is 0. The minimum Gasteiger partial charge on any atom is -0.390 e. The molecule has 2 atom stereocenters. The SMILES string of the molecule is O=C1/C=C/CC[CH]CCC(O)C1O. The van der Waals surface area contributed by atoms with Crippen LogP contribution in [0.15, 0.2) is 12.2 Å². The molecule has 0 spiro atoms. The molecular weight excluding hydrogens is 168 g/mol. The molecule has 0 heterocycles. The van der Waals surface area contributed by atoms with Gasteiger partial charge in [-0.05, 0) is 38.2 Å². The van der Waals surface area contributed by atoms with E-state index in [1.165, 1.54) is 6.08 Å². The van der Waals surface area contributed by atoms with E-state index in [-0.39, 0.29) is 0 Å².